The number of hydrogen-bond donors (Lipinski definition) is 3. The summed E-state index contributed by atoms with van der Waals surface area (Å²) >= 11 is 0. The molecule has 40 heavy (non-hydrogen) atoms. The van der Waals surface area contributed by atoms with Crippen molar-refractivity contribution in [1.82, 2.24) is 16.0 Å². The molecule has 2 aromatic rings. The van der Waals surface area contributed by atoms with Crippen LogP contribution in [0.5, 0.6) is 5.75 Å². The molecule has 0 bridgehead atoms. The van der Waals surface area contributed by atoms with Gasteiger partial charge in [0.05, 0.1) is 32.8 Å². The van der Waals surface area contributed by atoms with Gasteiger partial charge in [0, 0.05) is 13.5 Å². The van der Waals surface area contributed by atoms with E-state index in [1.807, 2.05) is 30.3 Å². The van der Waals surface area contributed by atoms with Crippen LogP contribution >= 0.6 is 0 Å². The Morgan fingerprint density at radius 1 is 0.875 bits per heavy atom. The summed E-state index contributed by atoms with van der Waals surface area (Å²) in [6, 6.07) is 13.7. The van der Waals surface area contributed by atoms with Crippen LogP contribution in [0, 0.1) is 0 Å². The Morgan fingerprint density at radius 3 is 2.12 bits per heavy atom. The van der Waals surface area contributed by atoms with Crippen LogP contribution < -0.4 is 20.7 Å². The van der Waals surface area contributed by atoms with Crippen LogP contribution in [0.1, 0.15) is 24.5 Å². The Balaban J connectivity index is 1.71. The van der Waals surface area contributed by atoms with Gasteiger partial charge in [0.1, 0.15) is 30.7 Å². The lowest BCUT2D eigenvalue weighted by Crippen LogP contribution is -2.56. The number of ketones is 1. The predicted molar refractivity (Wildman–Crippen MR) is 146 cm³/mol. The van der Waals surface area contributed by atoms with Gasteiger partial charge in [-0.15, -0.1) is 0 Å². The standard InChI is InChI=1S/C29H37N3O8/c1-19(30-26(33)13-14-39-18-37-2)28(35)32-24(16-21-9-11-22(38-3)12-10-21)29(36)31-23(27(34)25-17-40-25)15-20-7-5-4-6-8-20/h4-12,19,23-25H,13-18H2,1-3H3,(H,30,33)(H,31,36)(H,32,35)/t19-,23-,24-,25+/m0/s1. The molecule has 0 unspecified atom stereocenters. The SMILES string of the molecule is COCOCCC(=O)N[C@@H](C)C(=O)N[C@@H](Cc1ccc(OC)cc1)C(=O)N[C@@H](Cc1ccccc1)C(=O)[C@H]1CO1. The maximum atomic E-state index is 13.5. The topological polar surface area (TPSA) is 145 Å². The fourth-order valence-electron chi connectivity index (χ4n) is 3.97. The zero-order valence-electron chi connectivity index (χ0n) is 23.0. The van der Waals surface area contributed by atoms with Crippen LogP contribution in [0.25, 0.3) is 0 Å². The van der Waals surface area contributed by atoms with Gasteiger partial charge in [-0.1, -0.05) is 42.5 Å². The summed E-state index contributed by atoms with van der Waals surface area (Å²) in [6.07, 6.45) is -0.0686. The lowest BCUT2D eigenvalue weighted by molar-refractivity contribution is -0.133. The first-order valence-corrected chi connectivity index (χ1v) is 13.1. The lowest BCUT2D eigenvalue weighted by atomic mass is 9.99. The molecule has 1 aliphatic heterocycles. The number of benzene rings is 2. The predicted octanol–water partition coefficient (Wildman–Crippen LogP) is 0.933. The third-order valence-electron chi connectivity index (χ3n) is 6.27. The second kappa shape index (κ2) is 15.7. The third-order valence-corrected chi connectivity index (χ3v) is 6.27. The number of Topliss-reactive ketones (excluding diaryl/α,β-unsaturated/α-hetero) is 1. The summed E-state index contributed by atoms with van der Waals surface area (Å²) < 4.78 is 20.3. The Bertz CT molecular complexity index is 1120. The van der Waals surface area contributed by atoms with E-state index in [9.17, 15) is 19.2 Å². The molecule has 0 saturated carbocycles. The Kier molecular flexibility index (Phi) is 12.1. The van der Waals surface area contributed by atoms with Crippen LogP contribution in [-0.4, -0.2) is 82.0 Å². The summed E-state index contributed by atoms with van der Waals surface area (Å²) in [4.78, 5) is 51.7. The second-order valence-corrected chi connectivity index (χ2v) is 9.44. The van der Waals surface area contributed by atoms with Crippen LogP contribution in [0.2, 0.25) is 0 Å². The van der Waals surface area contributed by atoms with Gasteiger partial charge in [-0.25, -0.2) is 0 Å². The maximum absolute atomic E-state index is 13.5. The first kappa shape index (κ1) is 30.7. The summed E-state index contributed by atoms with van der Waals surface area (Å²) in [5.41, 5.74) is 1.65. The van der Waals surface area contributed by atoms with Crippen molar-refractivity contribution in [3.8, 4) is 5.75 Å². The van der Waals surface area contributed by atoms with Crippen LogP contribution in [0.4, 0.5) is 0 Å². The molecule has 11 heteroatoms. The highest BCUT2D eigenvalue weighted by atomic mass is 16.7. The van der Waals surface area contributed by atoms with Crippen molar-refractivity contribution in [1.29, 1.82) is 0 Å². The van der Waals surface area contributed by atoms with Gasteiger partial charge in [0.2, 0.25) is 17.7 Å². The normalized spacial score (nSPS) is 16.2. The summed E-state index contributed by atoms with van der Waals surface area (Å²) in [7, 11) is 3.03. The number of carbonyl (C=O) groups excluding carboxylic acids is 4. The van der Waals surface area contributed by atoms with E-state index in [1.165, 1.54) is 14.0 Å². The van der Waals surface area contributed by atoms with E-state index < -0.39 is 36.0 Å². The van der Waals surface area contributed by atoms with Gasteiger partial charge in [-0.05, 0) is 36.6 Å². The number of amides is 3. The maximum Gasteiger partial charge on any atom is 0.243 e. The third kappa shape index (κ3) is 10.1. The van der Waals surface area contributed by atoms with Crippen molar-refractivity contribution in [2.45, 2.75) is 50.4 Å². The molecule has 4 atom stereocenters. The molecule has 11 nitrogen and oxygen atoms in total. The van der Waals surface area contributed by atoms with Crippen molar-refractivity contribution < 1.29 is 38.1 Å². The summed E-state index contributed by atoms with van der Waals surface area (Å²) in [5.74, 6) is -1.02. The average Bonchev–Trinajstić information content (AvgIpc) is 3.81. The number of carbonyl (C=O) groups is 4. The molecule has 1 heterocycles. The molecular weight excluding hydrogens is 518 g/mol. The number of nitrogens with one attached hydrogen (secondary N) is 3. The Hall–Kier alpha value is -3.80. The fourth-order valence-corrected chi connectivity index (χ4v) is 3.97. The van der Waals surface area contributed by atoms with Crippen molar-refractivity contribution in [2.24, 2.45) is 0 Å². The zero-order chi connectivity index (χ0) is 28.9. The van der Waals surface area contributed by atoms with E-state index in [-0.39, 0.29) is 44.4 Å². The number of hydrogen-bond acceptors (Lipinski definition) is 8. The molecule has 3 N–H and O–H groups in total. The smallest absolute Gasteiger partial charge is 0.243 e. The largest absolute Gasteiger partial charge is 0.497 e. The van der Waals surface area contributed by atoms with Crippen molar-refractivity contribution >= 4 is 23.5 Å². The first-order chi connectivity index (χ1) is 19.3. The molecule has 216 valence electrons. The first-order valence-electron chi connectivity index (χ1n) is 13.1. The minimum absolute atomic E-state index is 0.0449. The molecule has 0 aliphatic carbocycles. The molecule has 2 aromatic carbocycles. The van der Waals surface area contributed by atoms with E-state index in [0.29, 0.717) is 12.4 Å². The molecule has 3 rings (SSSR count). The van der Waals surface area contributed by atoms with Gasteiger partial charge in [-0.2, -0.15) is 0 Å². The highest BCUT2D eigenvalue weighted by Crippen LogP contribution is 2.16. The highest BCUT2D eigenvalue weighted by Gasteiger charge is 2.38. The average molecular weight is 556 g/mol. The Morgan fingerprint density at radius 2 is 1.50 bits per heavy atom. The quantitative estimate of drug-likeness (QED) is 0.149. The molecule has 1 aliphatic rings. The fraction of sp³-hybridized carbons (Fsp3) is 0.448. The summed E-state index contributed by atoms with van der Waals surface area (Å²) in [6.45, 7) is 2.04. The highest BCUT2D eigenvalue weighted by molar-refractivity contribution is 5.96. The van der Waals surface area contributed by atoms with Gasteiger partial charge in [-0.3, -0.25) is 19.2 Å². The van der Waals surface area contributed by atoms with Gasteiger partial charge >= 0.3 is 0 Å². The van der Waals surface area contributed by atoms with E-state index in [2.05, 4.69) is 16.0 Å². The van der Waals surface area contributed by atoms with Crippen LogP contribution in [-0.2, 0) is 46.2 Å². The van der Waals surface area contributed by atoms with Crippen LogP contribution in [0.15, 0.2) is 54.6 Å². The molecule has 3 amide bonds. The van der Waals surface area contributed by atoms with E-state index in [1.54, 1.807) is 31.4 Å². The molecular formula is C29H37N3O8. The molecule has 1 saturated heterocycles. The minimum Gasteiger partial charge on any atom is -0.497 e. The molecule has 0 spiro atoms. The monoisotopic (exact) mass is 555 g/mol. The van der Waals surface area contributed by atoms with Crippen molar-refractivity contribution in [3.63, 3.8) is 0 Å². The number of methoxy groups -OCH3 is 2. The van der Waals surface area contributed by atoms with Gasteiger partial charge < -0.3 is 34.9 Å². The van der Waals surface area contributed by atoms with Gasteiger partial charge in [0.15, 0.2) is 5.78 Å². The molecule has 0 radical (unpaired) electrons. The lowest BCUT2D eigenvalue weighted by Gasteiger charge is -2.24. The molecule has 0 aromatic heterocycles. The molecule has 1 fully saturated rings. The van der Waals surface area contributed by atoms with Crippen LogP contribution in [0.3, 0.4) is 0 Å². The van der Waals surface area contributed by atoms with Gasteiger partial charge in [0.25, 0.3) is 0 Å². The number of ether oxygens (including phenoxy) is 4. The summed E-state index contributed by atoms with van der Waals surface area (Å²) in [5, 5.41) is 8.17. The number of epoxide rings is 1. The number of rotatable bonds is 17. The minimum atomic E-state index is -1.02. The second-order valence-electron chi connectivity index (χ2n) is 9.44. The van der Waals surface area contributed by atoms with Crippen molar-refractivity contribution in [3.05, 3.63) is 65.7 Å². The van der Waals surface area contributed by atoms with E-state index in [0.717, 1.165) is 11.1 Å². The zero-order valence-corrected chi connectivity index (χ0v) is 23.0. The van der Waals surface area contributed by atoms with E-state index in [4.69, 9.17) is 18.9 Å². The Labute approximate surface area is 233 Å². The van der Waals surface area contributed by atoms with E-state index >= 15 is 0 Å². The van der Waals surface area contributed by atoms with Crippen molar-refractivity contribution in [2.75, 3.05) is 34.2 Å².